The van der Waals surface area contributed by atoms with Crippen molar-refractivity contribution in [2.45, 2.75) is 13.8 Å². The Morgan fingerprint density at radius 1 is 1.09 bits per heavy atom. The highest BCUT2D eigenvalue weighted by Gasteiger charge is 2.12. The first-order chi connectivity index (χ1) is 10.5. The molecule has 0 bridgehead atoms. The number of carbonyl (C=O) groups excluding carboxylic acids is 1. The molecule has 1 amide bonds. The van der Waals surface area contributed by atoms with Crippen LogP contribution in [0.5, 0.6) is 11.5 Å². The lowest BCUT2D eigenvalue weighted by Crippen LogP contribution is -2.22. The first-order valence-corrected chi connectivity index (χ1v) is 6.91. The van der Waals surface area contributed by atoms with Gasteiger partial charge in [-0.05, 0) is 43.7 Å². The van der Waals surface area contributed by atoms with Crippen LogP contribution in [0.15, 0.2) is 35.3 Å². The maximum Gasteiger partial charge on any atom is 0.282 e. The molecule has 1 aromatic carbocycles. The smallest absolute Gasteiger partial charge is 0.282 e. The van der Waals surface area contributed by atoms with E-state index in [1.54, 1.807) is 25.3 Å². The van der Waals surface area contributed by atoms with Crippen molar-refractivity contribution in [1.29, 1.82) is 0 Å². The molecule has 0 spiro atoms. The van der Waals surface area contributed by atoms with E-state index in [-0.39, 0.29) is 5.91 Å². The van der Waals surface area contributed by atoms with Crippen LogP contribution in [0.1, 0.15) is 21.6 Å². The molecular weight excluding hydrogens is 280 g/mol. The summed E-state index contributed by atoms with van der Waals surface area (Å²) < 4.78 is 12.3. The minimum Gasteiger partial charge on any atom is -0.497 e. The number of pyridine rings is 1. The summed E-state index contributed by atoms with van der Waals surface area (Å²) in [5, 5.41) is 0. The summed E-state index contributed by atoms with van der Waals surface area (Å²) in [4.78, 5) is 16.7. The van der Waals surface area contributed by atoms with Crippen LogP contribution in [0, 0.1) is 13.8 Å². The van der Waals surface area contributed by atoms with Gasteiger partial charge in [0.05, 0.1) is 19.8 Å². The Morgan fingerprint density at radius 2 is 1.82 bits per heavy atom. The second kappa shape index (κ2) is 6.47. The summed E-state index contributed by atoms with van der Waals surface area (Å²) in [5.41, 5.74) is 3.11. The maximum atomic E-state index is 12.5. The highest BCUT2D eigenvalue weighted by atomic mass is 16.5. The van der Waals surface area contributed by atoms with Crippen molar-refractivity contribution in [3.05, 3.63) is 52.6 Å². The van der Waals surface area contributed by atoms with Gasteiger partial charge >= 0.3 is 0 Å². The molecule has 2 rings (SSSR count). The van der Waals surface area contributed by atoms with E-state index in [0.717, 1.165) is 11.3 Å². The number of ether oxygens (including phenoxy) is 2. The molecule has 5 nitrogen and oxygen atoms in total. The van der Waals surface area contributed by atoms with E-state index in [1.807, 2.05) is 37.6 Å². The number of carbonyl (C=O) groups is 1. The quantitative estimate of drug-likeness (QED) is 0.874. The monoisotopic (exact) mass is 300 g/mol. The third-order valence-corrected chi connectivity index (χ3v) is 3.52. The lowest BCUT2D eigenvalue weighted by atomic mass is 10.2. The second-order valence-electron chi connectivity index (χ2n) is 5.07. The van der Waals surface area contributed by atoms with E-state index in [2.05, 4.69) is 4.99 Å². The fourth-order valence-corrected chi connectivity index (χ4v) is 2.20. The number of hydrogen-bond donors (Lipinski definition) is 0. The molecule has 2 aromatic rings. The summed E-state index contributed by atoms with van der Waals surface area (Å²) in [7, 11) is 4.96. The highest BCUT2D eigenvalue weighted by molar-refractivity contribution is 5.97. The van der Waals surface area contributed by atoms with Gasteiger partial charge in [0.1, 0.15) is 17.0 Å². The molecule has 22 heavy (non-hydrogen) atoms. The van der Waals surface area contributed by atoms with E-state index >= 15 is 0 Å². The number of benzene rings is 1. The first kappa shape index (κ1) is 15.8. The molecule has 0 N–H and O–H groups in total. The summed E-state index contributed by atoms with van der Waals surface area (Å²) in [6, 6.07) is 8.96. The van der Waals surface area contributed by atoms with Gasteiger partial charge in [-0.3, -0.25) is 4.79 Å². The molecule has 0 atom stereocenters. The highest BCUT2D eigenvalue weighted by Crippen LogP contribution is 2.25. The number of aromatic nitrogens is 1. The minimum absolute atomic E-state index is 0.347. The van der Waals surface area contributed by atoms with Gasteiger partial charge in [-0.1, -0.05) is 0 Å². The van der Waals surface area contributed by atoms with Crippen molar-refractivity contribution < 1.29 is 14.3 Å². The van der Waals surface area contributed by atoms with E-state index in [1.165, 1.54) is 7.11 Å². The van der Waals surface area contributed by atoms with Crippen molar-refractivity contribution in [3.8, 4) is 11.5 Å². The normalized spacial score (nSPS) is 11.4. The molecular formula is C17H20N2O3. The number of hydrogen-bond acceptors (Lipinski definition) is 3. The zero-order valence-corrected chi connectivity index (χ0v) is 13.5. The zero-order chi connectivity index (χ0) is 16.3. The lowest BCUT2D eigenvalue weighted by molar-refractivity contribution is 0.0994. The molecule has 116 valence electrons. The molecule has 0 unspecified atom stereocenters. The lowest BCUT2D eigenvalue weighted by Gasteiger charge is -2.09. The molecule has 0 fully saturated rings. The van der Waals surface area contributed by atoms with Crippen LogP contribution in [-0.4, -0.2) is 24.7 Å². The number of methoxy groups -OCH3 is 2. The second-order valence-corrected chi connectivity index (χ2v) is 5.07. The van der Waals surface area contributed by atoms with Gasteiger partial charge in [0, 0.05) is 18.8 Å². The van der Waals surface area contributed by atoms with E-state index in [9.17, 15) is 4.79 Å². The van der Waals surface area contributed by atoms with Crippen LogP contribution in [-0.2, 0) is 7.05 Å². The van der Waals surface area contributed by atoms with Crippen molar-refractivity contribution in [1.82, 2.24) is 4.57 Å². The zero-order valence-electron chi connectivity index (χ0n) is 13.5. The molecule has 5 heteroatoms. The van der Waals surface area contributed by atoms with Crippen molar-refractivity contribution in [2.24, 2.45) is 12.0 Å². The number of rotatable bonds is 3. The fraction of sp³-hybridized carbons (Fsp3) is 0.294. The SMILES string of the molecule is COc1ccc(C(=O)/N=c2\cc(C)cc(C)n2C)c(OC)c1. The molecule has 0 aliphatic rings. The summed E-state index contributed by atoms with van der Waals surface area (Å²) in [5.74, 6) is 0.727. The molecule has 0 radical (unpaired) electrons. The van der Waals surface area contributed by atoms with Crippen molar-refractivity contribution in [3.63, 3.8) is 0 Å². The fourth-order valence-electron chi connectivity index (χ4n) is 2.20. The van der Waals surface area contributed by atoms with Crippen molar-refractivity contribution >= 4 is 5.91 Å². The molecule has 1 heterocycles. The molecule has 0 saturated carbocycles. The van der Waals surface area contributed by atoms with Crippen LogP contribution >= 0.6 is 0 Å². The van der Waals surface area contributed by atoms with Crippen LogP contribution in [0.2, 0.25) is 0 Å². The van der Waals surface area contributed by atoms with Crippen molar-refractivity contribution in [2.75, 3.05) is 14.2 Å². The largest absolute Gasteiger partial charge is 0.497 e. The third-order valence-electron chi connectivity index (χ3n) is 3.52. The topological polar surface area (TPSA) is 52.8 Å². The van der Waals surface area contributed by atoms with Gasteiger partial charge in [-0.2, -0.15) is 4.99 Å². The summed E-state index contributed by atoms with van der Waals surface area (Å²) >= 11 is 0. The average molecular weight is 300 g/mol. The van der Waals surface area contributed by atoms with Gasteiger partial charge < -0.3 is 14.0 Å². The van der Waals surface area contributed by atoms with Crippen LogP contribution in [0.25, 0.3) is 0 Å². The standard InChI is InChI=1S/C17H20N2O3/c1-11-8-12(2)19(3)16(9-11)18-17(20)14-7-6-13(21-4)10-15(14)22-5/h6-10H,1-5H3/b18-16+. The summed E-state index contributed by atoms with van der Waals surface area (Å²) in [6.07, 6.45) is 0. The van der Waals surface area contributed by atoms with Crippen LogP contribution in [0.3, 0.4) is 0 Å². The third kappa shape index (κ3) is 3.19. The van der Waals surface area contributed by atoms with Gasteiger partial charge in [0.15, 0.2) is 0 Å². The molecule has 1 aromatic heterocycles. The summed E-state index contributed by atoms with van der Waals surface area (Å²) in [6.45, 7) is 3.95. The van der Waals surface area contributed by atoms with Gasteiger partial charge in [-0.15, -0.1) is 0 Å². The number of amides is 1. The van der Waals surface area contributed by atoms with Gasteiger partial charge in [0.2, 0.25) is 0 Å². The molecule has 0 saturated heterocycles. The molecule has 0 aliphatic carbocycles. The Hall–Kier alpha value is -2.56. The minimum atomic E-state index is -0.347. The maximum absolute atomic E-state index is 12.5. The van der Waals surface area contributed by atoms with E-state index in [0.29, 0.717) is 22.6 Å². The average Bonchev–Trinajstić information content (AvgIpc) is 2.51. The van der Waals surface area contributed by atoms with E-state index < -0.39 is 0 Å². The number of aryl methyl sites for hydroxylation is 2. The Bertz CT molecular complexity index is 776. The first-order valence-electron chi connectivity index (χ1n) is 6.91. The van der Waals surface area contributed by atoms with E-state index in [4.69, 9.17) is 9.47 Å². The predicted octanol–water partition coefficient (Wildman–Crippen LogP) is 2.40. The Kier molecular flexibility index (Phi) is 4.65. The van der Waals surface area contributed by atoms with Gasteiger partial charge in [-0.25, -0.2) is 0 Å². The molecule has 0 aliphatic heterocycles. The van der Waals surface area contributed by atoms with Crippen LogP contribution in [0.4, 0.5) is 0 Å². The predicted molar refractivity (Wildman–Crippen MR) is 84.3 cm³/mol. The van der Waals surface area contributed by atoms with Crippen LogP contribution < -0.4 is 15.0 Å². The number of nitrogens with zero attached hydrogens (tertiary/aromatic N) is 2. The Labute approximate surface area is 129 Å². The Morgan fingerprint density at radius 3 is 2.45 bits per heavy atom. The van der Waals surface area contributed by atoms with Gasteiger partial charge in [0.25, 0.3) is 5.91 Å². The Balaban J connectivity index is 2.52.